The van der Waals surface area contributed by atoms with E-state index in [1.807, 2.05) is 42.0 Å². The summed E-state index contributed by atoms with van der Waals surface area (Å²) in [6.45, 7) is 2.50. The second kappa shape index (κ2) is 11.0. The summed E-state index contributed by atoms with van der Waals surface area (Å²) in [4.78, 5) is 4.44. The Hall–Kier alpha value is -3.87. The Morgan fingerprint density at radius 3 is 2.38 bits per heavy atom. The monoisotopic (exact) mass is 587 g/mol. The van der Waals surface area contributed by atoms with Gasteiger partial charge in [-0.15, -0.1) is 24.5 Å². The number of aromatic nitrogens is 2. The molecule has 3 N–H and O–H groups in total. The van der Waals surface area contributed by atoms with Gasteiger partial charge in [0.1, 0.15) is 10.8 Å². The van der Waals surface area contributed by atoms with Crippen molar-refractivity contribution >= 4 is 36.4 Å². The number of hydrogen-bond acceptors (Lipinski definition) is 5. The van der Waals surface area contributed by atoms with Gasteiger partial charge < -0.3 is 15.0 Å². The van der Waals surface area contributed by atoms with Crippen molar-refractivity contribution in [2.45, 2.75) is 31.1 Å². The van der Waals surface area contributed by atoms with E-state index in [2.05, 4.69) is 15.5 Å². The minimum Gasteiger partial charge on any atom is -0.406 e. The van der Waals surface area contributed by atoms with Gasteiger partial charge in [-0.1, -0.05) is 30.3 Å². The van der Waals surface area contributed by atoms with E-state index in [1.165, 1.54) is 39.9 Å². The average molecular weight is 588 g/mol. The molecule has 0 spiro atoms. The maximum Gasteiger partial charge on any atom is 0.573 e. The van der Waals surface area contributed by atoms with Crippen LogP contribution in [0.1, 0.15) is 16.8 Å². The number of aryl methyl sites for hydroxylation is 1. The number of sulfonamides is 1. The second-order valence-corrected chi connectivity index (χ2v) is 12.0. The number of thiophene rings is 1. The molecule has 208 valence electrons. The third kappa shape index (κ3) is 5.83. The number of ether oxygens (including phenoxy) is 1. The third-order valence-corrected chi connectivity index (χ3v) is 9.49. The molecule has 0 fully saturated rings. The zero-order valence-electron chi connectivity index (χ0n) is 21.4. The van der Waals surface area contributed by atoms with Crippen LogP contribution in [0.5, 0.6) is 5.75 Å². The van der Waals surface area contributed by atoms with Crippen molar-refractivity contribution < 1.29 is 32.1 Å². The second-order valence-electron chi connectivity index (χ2n) is 9.10. The number of fused-ring (bicyclic) bond motifs is 1. The first kappa shape index (κ1) is 27.7. The van der Waals surface area contributed by atoms with E-state index in [9.17, 15) is 21.6 Å². The Bertz CT molecular complexity index is 1730. The fourth-order valence-corrected chi connectivity index (χ4v) is 7.29. The maximum absolute atomic E-state index is 14.1. The summed E-state index contributed by atoms with van der Waals surface area (Å²) in [5.74, 6) is -0.378. The number of benzene rings is 3. The van der Waals surface area contributed by atoms with Crippen LogP contribution < -0.4 is 14.8 Å². The predicted octanol–water partition coefficient (Wildman–Crippen LogP) is 5.47. The van der Waals surface area contributed by atoms with Gasteiger partial charge in [-0.25, -0.2) is 13.4 Å². The van der Waals surface area contributed by atoms with E-state index in [4.69, 9.17) is 0 Å². The largest absolute Gasteiger partial charge is 0.573 e. The Morgan fingerprint density at radius 1 is 1.02 bits per heavy atom. The highest BCUT2D eigenvalue weighted by atomic mass is 32.2. The standard InChI is InChI=1S/C28H25F3N4O3S2/c1-19-25-4-2-3-5-26(25)39-27(19)35(16-20-6-10-23(11-7-20)38-28(29,30)31)40(36,37)24-12-8-22(9-13-24)34-17-21(14-15-32)33-18-34/h2-13,17-18H,14-16,32H2,1H3/p+1. The van der Waals surface area contributed by atoms with Crippen LogP contribution in [0.3, 0.4) is 0 Å². The molecule has 0 bridgehead atoms. The molecule has 0 saturated carbocycles. The number of alkyl halides is 3. The van der Waals surface area contributed by atoms with Crippen LogP contribution in [0.4, 0.5) is 18.2 Å². The first-order valence-corrected chi connectivity index (χ1v) is 14.6. The van der Waals surface area contributed by atoms with Crippen LogP contribution >= 0.6 is 11.3 Å². The first-order chi connectivity index (χ1) is 19.0. The summed E-state index contributed by atoms with van der Waals surface area (Å²) < 4.78 is 74.1. The van der Waals surface area contributed by atoms with Crippen LogP contribution in [0.15, 0.2) is 90.2 Å². The molecule has 0 aliphatic rings. The van der Waals surface area contributed by atoms with Gasteiger partial charge in [0.2, 0.25) is 0 Å². The number of anilines is 1. The molecular weight excluding hydrogens is 561 g/mol. The van der Waals surface area contributed by atoms with Gasteiger partial charge in [0, 0.05) is 23.0 Å². The van der Waals surface area contributed by atoms with Crippen molar-refractivity contribution in [2.24, 2.45) is 0 Å². The molecule has 2 aromatic heterocycles. The summed E-state index contributed by atoms with van der Waals surface area (Å²) >= 11 is 1.35. The van der Waals surface area contributed by atoms with Crippen LogP contribution in [-0.4, -0.2) is 30.9 Å². The van der Waals surface area contributed by atoms with Gasteiger partial charge >= 0.3 is 6.36 Å². The normalized spacial score (nSPS) is 12.1. The molecule has 0 saturated heterocycles. The summed E-state index contributed by atoms with van der Waals surface area (Å²) in [7, 11) is -4.06. The van der Waals surface area contributed by atoms with Gasteiger partial charge in [-0.05, 0) is 65.9 Å². The zero-order chi connectivity index (χ0) is 28.5. The Labute approximate surface area is 233 Å². The molecule has 12 heteroatoms. The highest BCUT2D eigenvalue weighted by Crippen LogP contribution is 2.41. The number of quaternary nitrogens is 1. The SMILES string of the molecule is Cc1c(N(Cc2ccc(OC(F)(F)F)cc2)S(=O)(=O)c2ccc(-n3cnc(CC[NH3+])c3)cc2)sc2ccccc12. The van der Waals surface area contributed by atoms with Gasteiger partial charge in [0.15, 0.2) is 0 Å². The highest BCUT2D eigenvalue weighted by Gasteiger charge is 2.32. The lowest BCUT2D eigenvalue weighted by Gasteiger charge is -2.24. The topological polar surface area (TPSA) is 92.1 Å². The number of rotatable bonds is 9. The Balaban J connectivity index is 1.51. The molecule has 5 aromatic rings. The molecule has 0 aliphatic carbocycles. The van der Waals surface area contributed by atoms with Crippen molar-refractivity contribution in [3.63, 3.8) is 0 Å². The molecule has 5 rings (SSSR count). The van der Waals surface area contributed by atoms with Crippen molar-refractivity contribution in [3.8, 4) is 11.4 Å². The maximum atomic E-state index is 14.1. The van der Waals surface area contributed by atoms with E-state index in [0.717, 1.165) is 40.0 Å². The molecular formula is C28H26F3N4O3S2+. The third-order valence-electron chi connectivity index (χ3n) is 6.32. The summed E-state index contributed by atoms with van der Waals surface area (Å²) in [5.41, 5.74) is 6.79. The molecule has 0 amide bonds. The van der Waals surface area contributed by atoms with E-state index in [-0.39, 0.29) is 17.2 Å². The molecule has 7 nitrogen and oxygen atoms in total. The van der Waals surface area contributed by atoms with Crippen LogP contribution in [0.25, 0.3) is 15.8 Å². The smallest absolute Gasteiger partial charge is 0.406 e. The Kier molecular flexibility index (Phi) is 7.58. The number of halogens is 3. The molecule has 40 heavy (non-hydrogen) atoms. The summed E-state index contributed by atoms with van der Waals surface area (Å²) in [5, 5.41) is 1.47. The molecule has 2 heterocycles. The van der Waals surface area contributed by atoms with Gasteiger partial charge in [0.25, 0.3) is 10.0 Å². The lowest BCUT2D eigenvalue weighted by molar-refractivity contribution is -0.366. The molecule has 3 aromatic carbocycles. The van der Waals surface area contributed by atoms with Gasteiger partial charge in [-0.3, -0.25) is 4.31 Å². The number of nitrogens with zero attached hydrogens (tertiary/aromatic N) is 3. The van der Waals surface area contributed by atoms with Crippen molar-refractivity contribution in [1.82, 2.24) is 9.55 Å². The van der Waals surface area contributed by atoms with Crippen LogP contribution in [-0.2, 0) is 23.0 Å². The van der Waals surface area contributed by atoms with E-state index in [0.29, 0.717) is 10.6 Å². The fourth-order valence-electron chi connectivity index (χ4n) is 4.36. The lowest BCUT2D eigenvalue weighted by Crippen LogP contribution is -2.51. The average Bonchev–Trinajstić information content (AvgIpc) is 3.52. The molecule has 0 aliphatic heterocycles. The molecule has 0 radical (unpaired) electrons. The van der Waals surface area contributed by atoms with E-state index >= 15 is 0 Å². The minimum atomic E-state index is -4.82. The molecule has 0 atom stereocenters. The van der Waals surface area contributed by atoms with Crippen molar-refractivity contribution in [2.75, 3.05) is 10.8 Å². The van der Waals surface area contributed by atoms with Crippen molar-refractivity contribution in [3.05, 3.63) is 102 Å². The number of imidazole rings is 1. The fraction of sp³-hybridized carbons (Fsp3) is 0.179. The first-order valence-electron chi connectivity index (χ1n) is 12.3. The minimum absolute atomic E-state index is 0.0834. The quantitative estimate of drug-likeness (QED) is 0.248. The molecule has 0 unspecified atom stereocenters. The predicted molar refractivity (Wildman–Crippen MR) is 148 cm³/mol. The number of hydrogen-bond donors (Lipinski definition) is 1. The van der Waals surface area contributed by atoms with Gasteiger partial charge in [-0.2, -0.15) is 0 Å². The van der Waals surface area contributed by atoms with Crippen LogP contribution in [0, 0.1) is 6.92 Å². The van der Waals surface area contributed by atoms with E-state index < -0.39 is 16.4 Å². The highest BCUT2D eigenvalue weighted by molar-refractivity contribution is 7.93. The summed E-state index contributed by atoms with van der Waals surface area (Å²) in [6, 6.07) is 19.3. The lowest BCUT2D eigenvalue weighted by atomic mass is 10.2. The van der Waals surface area contributed by atoms with E-state index in [1.54, 1.807) is 30.6 Å². The Morgan fingerprint density at radius 2 is 1.73 bits per heavy atom. The van der Waals surface area contributed by atoms with Crippen molar-refractivity contribution in [1.29, 1.82) is 0 Å². The van der Waals surface area contributed by atoms with Crippen LogP contribution in [0.2, 0.25) is 0 Å². The zero-order valence-corrected chi connectivity index (χ0v) is 23.1. The van der Waals surface area contributed by atoms with Gasteiger partial charge in [0.05, 0.1) is 30.0 Å². The summed E-state index contributed by atoms with van der Waals surface area (Å²) in [6.07, 6.45) is -0.518.